The average molecular weight is 403 g/mol. The molecule has 0 spiro atoms. The molecule has 0 aliphatic carbocycles. The molecule has 1 unspecified atom stereocenters. The van der Waals surface area contributed by atoms with E-state index in [9.17, 15) is 22.8 Å². The van der Waals surface area contributed by atoms with Crippen LogP contribution in [0, 0.1) is 0 Å². The van der Waals surface area contributed by atoms with Crippen molar-refractivity contribution in [3.05, 3.63) is 65.2 Å². The summed E-state index contributed by atoms with van der Waals surface area (Å²) in [4.78, 5) is 26.4. The third-order valence-electron chi connectivity index (χ3n) is 5.72. The van der Waals surface area contributed by atoms with E-state index < -0.39 is 17.2 Å². The number of benzene rings is 2. The molecule has 1 aliphatic heterocycles. The van der Waals surface area contributed by atoms with Gasteiger partial charge < -0.3 is 4.90 Å². The third kappa shape index (κ3) is 4.36. The lowest BCUT2D eigenvalue weighted by Gasteiger charge is -2.23. The average Bonchev–Trinajstić information content (AvgIpc) is 2.88. The van der Waals surface area contributed by atoms with E-state index in [1.807, 2.05) is 30.3 Å². The van der Waals surface area contributed by atoms with Crippen LogP contribution in [0.5, 0.6) is 0 Å². The smallest absolute Gasteiger partial charge is 0.314 e. The minimum Gasteiger partial charge on any atom is -0.314 e. The van der Waals surface area contributed by atoms with Crippen molar-refractivity contribution in [3.63, 3.8) is 0 Å². The molecule has 0 saturated heterocycles. The summed E-state index contributed by atoms with van der Waals surface area (Å²) in [5, 5.41) is 0. The topological polar surface area (TPSA) is 37.4 Å². The van der Waals surface area contributed by atoms with Crippen LogP contribution in [0.2, 0.25) is 0 Å². The van der Waals surface area contributed by atoms with Gasteiger partial charge in [0.05, 0.1) is 11.0 Å². The van der Waals surface area contributed by atoms with Crippen molar-refractivity contribution in [1.29, 1.82) is 0 Å². The van der Waals surface area contributed by atoms with E-state index in [0.717, 1.165) is 17.7 Å². The molecular weight excluding hydrogens is 379 g/mol. The number of carbonyl (C=O) groups excluding carboxylic acids is 2. The fourth-order valence-electron chi connectivity index (χ4n) is 3.98. The standard InChI is InChI=1S/C23H24F3NO2/c1-22(14-6-9-18(28)12-10-16-7-4-3-5-8-16)19-15-17(23(24,25)26)11-13-20(19)27(2)21(22)29/h3-5,7-8,11,13,15H,6,9-10,12,14H2,1-2H3. The molecule has 1 atom stereocenters. The summed E-state index contributed by atoms with van der Waals surface area (Å²) in [7, 11) is 1.57. The second-order valence-corrected chi connectivity index (χ2v) is 7.80. The van der Waals surface area contributed by atoms with Gasteiger partial charge in [0, 0.05) is 25.6 Å². The van der Waals surface area contributed by atoms with Gasteiger partial charge in [0.15, 0.2) is 0 Å². The number of amides is 1. The molecular formula is C23H24F3NO2. The number of alkyl halides is 3. The quantitative estimate of drug-likeness (QED) is 0.628. The first-order valence-electron chi connectivity index (χ1n) is 9.68. The molecule has 0 bridgehead atoms. The highest BCUT2D eigenvalue weighted by atomic mass is 19.4. The summed E-state index contributed by atoms with van der Waals surface area (Å²) in [5.74, 6) is -0.135. The van der Waals surface area contributed by atoms with Gasteiger partial charge in [0.1, 0.15) is 5.78 Å². The van der Waals surface area contributed by atoms with Crippen molar-refractivity contribution in [2.45, 2.75) is 50.6 Å². The van der Waals surface area contributed by atoms with E-state index in [1.54, 1.807) is 14.0 Å². The van der Waals surface area contributed by atoms with Crippen LogP contribution in [0.1, 0.15) is 49.3 Å². The Morgan fingerprint density at radius 3 is 2.41 bits per heavy atom. The maximum absolute atomic E-state index is 13.1. The molecule has 0 fully saturated rings. The minimum absolute atomic E-state index is 0.0977. The van der Waals surface area contributed by atoms with Gasteiger partial charge in [-0.2, -0.15) is 13.2 Å². The van der Waals surface area contributed by atoms with Crippen LogP contribution in [0.15, 0.2) is 48.5 Å². The normalized spacial score (nSPS) is 18.8. The Balaban J connectivity index is 1.66. The second-order valence-electron chi connectivity index (χ2n) is 7.80. The Labute approximate surface area is 168 Å². The number of hydrogen-bond donors (Lipinski definition) is 0. The fraction of sp³-hybridized carbons (Fsp3) is 0.391. The summed E-state index contributed by atoms with van der Waals surface area (Å²) in [6, 6.07) is 13.1. The zero-order valence-corrected chi connectivity index (χ0v) is 16.6. The molecule has 0 saturated carbocycles. The summed E-state index contributed by atoms with van der Waals surface area (Å²) >= 11 is 0. The van der Waals surface area contributed by atoms with Gasteiger partial charge in [-0.3, -0.25) is 9.59 Å². The van der Waals surface area contributed by atoms with Gasteiger partial charge in [0.25, 0.3) is 0 Å². The van der Waals surface area contributed by atoms with Gasteiger partial charge >= 0.3 is 6.18 Å². The number of nitrogens with zero attached hydrogens (tertiary/aromatic N) is 1. The zero-order valence-electron chi connectivity index (χ0n) is 16.6. The molecule has 6 heteroatoms. The van der Waals surface area contributed by atoms with E-state index >= 15 is 0 Å². The molecule has 2 aromatic carbocycles. The molecule has 0 N–H and O–H groups in total. The van der Waals surface area contributed by atoms with Gasteiger partial charge in [-0.05, 0) is 55.5 Å². The van der Waals surface area contributed by atoms with Crippen LogP contribution >= 0.6 is 0 Å². The van der Waals surface area contributed by atoms with Crippen LogP contribution in [-0.2, 0) is 27.6 Å². The summed E-state index contributed by atoms with van der Waals surface area (Å²) in [6.07, 6.45) is -2.28. The molecule has 1 heterocycles. The Morgan fingerprint density at radius 2 is 1.76 bits per heavy atom. The Morgan fingerprint density at radius 1 is 1.07 bits per heavy atom. The first kappa shape index (κ1) is 21.1. The highest BCUT2D eigenvalue weighted by molar-refractivity contribution is 6.07. The second kappa shape index (κ2) is 8.01. The molecule has 0 aromatic heterocycles. The lowest BCUT2D eigenvalue weighted by atomic mass is 9.78. The van der Waals surface area contributed by atoms with Gasteiger partial charge in [0.2, 0.25) is 5.91 Å². The Hall–Kier alpha value is -2.63. The monoisotopic (exact) mass is 403 g/mol. The highest BCUT2D eigenvalue weighted by Crippen LogP contribution is 2.46. The first-order valence-corrected chi connectivity index (χ1v) is 9.68. The van der Waals surface area contributed by atoms with E-state index in [2.05, 4.69) is 0 Å². The molecule has 3 nitrogen and oxygen atoms in total. The summed E-state index contributed by atoms with van der Waals surface area (Å²) in [5.41, 5.74) is 0.168. The van der Waals surface area contributed by atoms with Crippen LogP contribution in [0.25, 0.3) is 0 Å². The maximum atomic E-state index is 13.1. The van der Waals surface area contributed by atoms with Crippen LogP contribution in [-0.4, -0.2) is 18.7 Å². The van der Waals surface area contributed by atoms with Crippen molar-refractivity contribution in [3.8, 4) is 0 Å². The van der Waals surface area contributed by atoms with Crippen molar-refractivity contribution in [2.75, 3.05) is 11.9 Å². The number of ketones is 1. The van der Waals surface area contributed by atoms with Gasteiger partial charge in [-0.25, -0.2) is 0 Å². The largest absolute Gasteiger partial charge is 0.416 e. The number of rotatable bonds is 7. The summed E-state index contributed by atoms with van der Waals surface area (Å²) in [6.45, 7) is 1.67. The van der Waals surface area contributed by atoms with Crippen LogP contribution in [0.4, 0.5) is 18.9 Å². The van der Waals surface area contributed by atoms with Crippen molar-refractivity contribution in [2.24, 2.45) is 0 Å². The number of aryl methyl sites for hydroxylation is 1. The Bertz CT molecular complexity index is 908. The van der Waals surface area contributed by atoms with Crippen LogP contribution < -0.4 is 4.90 Å². The molecule has 29 heavy (non-hydrogen) atoms. The number of Topliss-reactive ketones (excluding diaryl/α,β-unsaturated/α-hetero) is 1. The molecule has 1 amide bonds. The lowest BCUT2D eigenvalue weighted by molar-refractivity contribution is -0.137. The first-order chi connectivity index (χ1) is 13.6. The summed E-state index contributed by atoms with van der Waals surface area (Å²) < 4.78 is 39.4. The van der Waals surface area contributed by atoms with Crippen molar-refractivity contribution >= 4 is 17.4 Å². The zero-order chi connectivity index (χ0) is 21.2. The minimum atomic E-state index is -4.46. The molecule has 154 valence electrons. The lowest BCUT2D eigenvalue weighted by Crippen LogP contribution is -2.36. The van der Waals surface area contributed by atoms with Crippen molar-refractivity contribution < 1.29 is 22.8 Å². The fourth-order valence-corrected chi connectivity index (χ4v) is 3.98. The predicted molar refractivity (Wildman–Crippen MR) is 106 cm³/mol. The molecule has 0 radical (unpaired) electrons. The number of carbonyl (C=O) groups is 2. The molecule has 3 rings (SSSR count). The predicted octanol–water partition coefficient (Wildman–Crippen LogP) is 5.31. The number of fused-ring (bicyclic) bond motifs is 1. The van der Waals surface area contributed by atoms with Crippen LogP contribution in [0.3, 0.4) is 0 Å². The van der Waals surface area contributed by atoms with E-state index in [0.29, 0.717) is 43.4 Å². The Kier molecular flexibility index (Phi) is 5.82. The maximum Gasteiger partial charge on any atom is 0.416 e. The molecule has 1 aliphatic rings. The van der Waals surface area contributed by atoms with E-state index in [1.165, 1.54) is 11.0 Å². The number of anilines is 1. The van der Waals surface area contributed by atoms with Gasteiger partial charge in [-0.1, -0.05) is 30.3 Å². The van der Waals surface area contributed by atoms with Crippen molar-refractivity contribution in [1.82, 2.24) is 0 Å². The molecule has 2 aromatic rings. The highest BCUT2D eigenvalue weighted by Gasteiger charge is 2.46. The number of likely N-dealkylation sites (N-methyl/N-ethyl adjacent to an activating group) is 1. The third-order valence-corrected chi connectivity index (χ3v) is 5.72. The SMILES string of the molecule is CN1C(=O)C(C)(CCCC(=O)CCc2ccccc2)c2cc(C(F)(F)F)ccc21. The number of hydrogen-bond acceptors (Lipinski definition) is 2. The number of halogens is 3. The van der Waals surface area contributed by atoms with Gasteiger partial charge in [-0.15, -0.1) is 0 Å². The van der Waals surface area contributed by atoms with E-state index in [4.69, 9.17) is 0 Å². The van der Waals surface area contributed by atoms with E-state index in [-0.39, 0.29) is 11.7 Å².